The number of ether oxygens (including phenoxy) is 2. The van der Waals surface area contributed by atoms with Crippen molar-refractivity contribution < 1.29 is 32.3 Å². The van der Waals surface area contributed by atoms with E-state index < -0.39 is 33.3 Å². The lowest BCUT2D eigenvalue weighted by Gasteiger charge is -2.44. The molecule has 1 aliphatic rings. The largest absolute Gasteiger partial charge is 0.493 e. The van der Waals surface area contributed by atoms with E-state index in [0.717, 1.165) is 16.1 Å². The van der Waals surface area contributed by atoms with Crippen LogP contribution in [0.5, 0.6) is 11.5 Å². The van der Waals surface area contributed by atoms with Gasteiger partial charge in [-0.25, -0.2) is 8.42 Å². The molecule has 1 heterocycles. The predicted octanol–water partition coefficient (Wildman–Crippen LogP) is -1.07. The molecule has 0 aliphatic carbocycles. The highest BCUT2D eigenvalue weighted by Gasteiger charge is 2.47. The van der Waals surface area contributed by atoms with Gasteiger partial charge in [0.05, 0.1) is 33.6 Å². The second kappa shape index (κ2) is 9.52. The highest BCUT2D eigenvalue weighted by molar-refractivity contribution is 7.88. The summed E-state index contributed by atoms with van der Waals surface area (Å²) in [6, 6.07) is 5.21. The Bertz CT molecular complexity index is 966. The number of rotatable bonds is 8. The van der Waals surface area contributed by atoms with Crippen LogP contribution in [0.25, 0.3) is 0 Å². The number of piperazine rings is 1. The molecule has 1 aromatic carbocycles. The molecule has 1 fully saturated rings. The molecule has 2 rings (SSSR count). The molecule has 0 spiro atoms. The first-order chi connectivity index (χ1) is 14.4. The molecule has 1 saturated heterocycles. The van der Waals surface area contributed by atoms with Gasteiger partial charge in [-0.15, -0.1) is 0 Å². The molecule has 31 heavy (non-hydrogen) atoms. The maximum absolute atomic E-state index is 12.7. The van der Waals surface area contributed by atoms with Crippen LogP contribution in [0.2, 0.25) is 0 Å². The number of nitrogens with zero attached hydrogens (tertiary/aromatic N) is 2. The predicted molar refractivity (Wildman–Crippen MR) is 112 cm³/mol. The van der Waals surface area contributed by atoms with Crippen molar-refractivity contribution in [3.8, 4) is 11.5 Å². The monoisotopic (exact) mass is 456 g/mol. The summed E-state index contributed by atoms with van der Waals surface area (Å²) in [5.74, 6) is -0.495. The molecule has 1 atom stereocenters. The number of hydrogen-bond donors (Lipinski definition) is 2. The van der Waals surface area contributed by atoms with Gasteiger partial charge in [0.1, 0.15) is 5.54 Å². The summed E-state index contributed by atoms with van der Waals surface area (Å²) in [7, 11) is 0.799. The lowest BCUT2D eigenvalue weighted by Crippen LogP contribution is -2.68. The molecule has 11 nitrogen and oxygen atoms in total. The highest BCUT2D eigenvalue weighted by atomic mass is 32.2. The van der Waals surface area contributed by atoms with Crippen LogP contribution in [0.15, 0.2) is 18.2 Å². The average molecular weight is 457 g/mol. The number of methoxy groups -OCH3 is 2. The molecule has 0 unspecified atom stereocenters. The van der Waals surface area contributed by atoms with E-state index in [4.69, 9.17) is 9.47 Å². The number of likely N-dealkylation sites (N-methyl/N-ethyl adjacent to an activating group) is 1. The number of hydrogen-bond acceptors (Lipinski definition) is 7. The SMILES string of the molecule is COc1ccc(CNC(=O)CNC(=O)[C@@]2(C)CN(S(C)(=O)=O)CC(=O)N2C)cc1OC. The van der Waals surface area contributed by atoms with Crippen molar-refractivity contribution in [2.45, 2.75) is 19.0 Å². The Balaban J connectivity index is 1.96. The van der Waals surface area contributed by atoms with Crippen LogP contribution in [0.1, 0.15) is 12.5 Å². The van der Waals surface area contributed by atoms with Crippen molar-refractivity contribution >= 4 is 27.7 Å². The fraction of sp³-hybridized carbons (Fsp3) is 0.526. The van der Waals surface area contributed by atoms with Gasteiger partial charge in [-0.2, -0.15) is 4.31 Å². The van der Waals surface area contributed by atoms with E-state index in [-0.39, 0.29) is 26.2 Å². The van der Waals surface area contributed by atoms with Crippen LogP contribution in [0.4, 0.5) is 0 Å². The maximum Gasteiger partial charge on any atom is 0.247 e. The molecule has 1 aromatic rings. The molecular formula is C19H28N4O7S. The number of nitrogens with one attached hydrogen (secondary N) is 2. The van der Waals surface area contributed by atoms with Gasteiger partial charge in [0, 0.05) is 20.1 Å². The number of amides is 3. The third kappa shape index (κ3) is 5.64. The third-order valence-electron chi connectivity index (χ3n) is 5.22. The topological polar surface area (TPSA) is 134 Å². The van der Waals surface area contributed by atoms with Crippen molar-refractivity contribution in [1.29, 1.82) is 0 Å². The Kier molecular flexibility index (Phi) is 7.49. The second-order valence-corrected chi connectivity index (χ2v) is 9.39. The molecule has 0 aromatic heterocycles. The summed E-state index contributed by atoms with van der Waals surface area (Å²) in [6.45, 7) is 0.797. The summed E-state index contributed by atoms with van der Waals surface area (Å²) < 4.78 is 35.1. The summed E-state index contributed by atoms with van der Waals surface area (Å²) >= 11 is 0. The quantitative estimate of drug-likeness (QED) is 0.509. The average Bonchev–Trinajstić information content (AvgIpc) is 2.72. The van der Waals surface area contributed by atoms with Crippen LogP contribution in [-0.2, 0) is 31.0 Å². The van der Waals surface area contributed by atoms with E-state index in [0.29, 0.717) is 11.5 Å². The zero-order valence-electron chi connectivity index (χ0n) is 18.2. The van der Waals surface area contributed by atoms with Gasteiger partial charge in [-0.3, -0.25) is 14.4 Å². The molecule has 172 valence electrons. The van der Waals surface area contributed by atoms with E-state index in [1.54, 1.807) is 18.2 Å². The Morgan fingerprint density at radius 2 is 1.81 bits per heavy atom. The first-order valence-electron chi connectivity index (χ1n) is 9.40. The van der Waals surface area contributed by atoms with Crippen molar-refractivity contribution in [2.24, 2.45) is 0 Å². The Morgan fingerprint density at radius 3 is 2.39 bits per heavy atom. The molecule has 3 amide bonds. The lowest BCUT2D eigenvalue weighted by molar-refractivity contribution is -0.150. The number of carbonyl (C=O) groups is 3. The maximum atomic E-state index is 12.7. The number of benzene rings is 1. The van der Waals surface area contributed by atoms with E-state index in [1.807, 2.05) is 0 Å². The van der Waals surface area contributed by atoms with Gasteiger partial charge in [0.2, 0.25) is 27.7 Å². The summed E-state index contributed by atoms with van der Waals surface area (Å²) in [4.78, 5) is 38.3. The van der Waals surface area contributed by atoms with Gasteiger partial charge in [0.25, 0.3) is 0 Å². The van der Waals surface area contributed by atoms with Crippen LogP contribution in [-0.4, -0.2) is 88.0 Å². The van der Waals surface area contributed by atoms with Crippen LogP contribution >= 0.6 is 0 Å². The van der Waals surface area contributed by atoms with E-state index in [9.17, 15) is 22.8 Å². The zero-order chi connectivity index (χ0) is 23.4. The fourth-order valence-electron chi connectivity index (χ4n) is 3.10. The Hall–Kier alpha value is -2.86. The Morgan fingerprint density at radius 1 is 1.16 bits per heavy atom. The van der Waals surface area contributed by atoms with Crippen LogP contribution in [0.3, 0.4) is 0 Å². The first kappa shape index (κ1) is 24.4. The van der Waals surface area contributed by atoms with Crippen molar-refractivity contribution in [2.75, 3.05) is 47.2 Å². The molecule has 1 aliphatic heterocycles. The Labute approximate surface area is 181 Å². The summed E-state index contributed by atoms with van der Waals surface area (Å²) in [5.41, 5.74) is -0.673. The number of carbonyl (C=O) groups excluding carboxylic acids is 3. The minimum absolute atomic E-state index is 0.201. The fourth-order valence-corrected chi connectivity index (χ4v) is 3.93. The smallest absolute Gasteiger partial charge is 0.247 e. The molecule has 0 saturated carbocycles. The van der Waals surface area contributed by atoms with E-state index in [2.05, 4.69) is 10.6 Å². The zero-order valence-corrected chi connectivity index (χ0v) is 19.0. The molecular weight excluding hydrogens is 428 g/mol. The van der Waals surface area contributed by atoms with E-state index >= 15 is 0 Å². The first-order valence-corrected chi connectivity index (χ1v) is 11.2. The van der Waals surface area contributed by atoms with Crippen molar-refractivity contribution in [3.63, 3.8) is 0 Å². The highest BCUT2D eigenvalue weighted by Crippen LogP contribution is 2.27. The summed E-state index contributed by atoms with van der Waals surface area (Å²) in [5, 5.41) is 5.16. The molecule has 0 radical (unpaired) electrons. The van der Waals surface area contributed by atoms with Gasteiger partial charge in [0.15, 0.2) is 11.5 Å². The lowest BCUT2D eigenvalue weighted by atomic mass is 9.96. The minimum Gasteiger partial charge on any atom is -0.493 e. The normalized spacial score (nSPS) is 19.6. The van der Waals surface area contributed by atoms with Crippen molar-refractivity contribution in [3.05, 3.63) is 23.8 Å². The van der Waals surface area contributed by atoms with Crippen LogP contribution < -0.4 is 20.1 Å². The second-order valence-electron chi connectivity index (χ2n) is 7.41. The van der Waals surface area contributed by atoms with Gasteiger partial charge >= 0.3 is 0 Å². The minimum atomic E-state index is -3.66. The van der Waals surface area contributed by atoms with Crippen molar-refractivity contribution in [1.82, 2.24) is 19.8 Å². The third-order valence-corrected chi connectivity index (χ3v) is 6.41. The molecule has 0 bridgehead atoms. The van der Waals surface area contributed by atoms with Gasteiger partial charge in [-0.1, -0.05) is 6.07 Å². The molecule has 2 N–H and O–H groups in total. The molecule has 12 heteroatoms. The van der Waals surface area contributed by atoms with Gasteiger partial charge < -0.3 is 25.0 Å². The van der Waals surface area contributed by atoms with Crippen LogP contribution in [0, 0.1) is 0 Å². The van der Waals surface area contributed by atoms with E-state index in [1.165, 1.54) is 33.1 Å². The standard InChI is InChI=1S/C19H28N4O7S/c1-19(12-23(31(5,27)28)11-17(25)22(19)2)18(26)21-10-16(24)20-9-13-6-7-14(29-3)15(8-13)30-4/h6-8H,9-12H2,1-5H3,(H,20,24)(H,21,26)/t19-/m1/s1. The van der Waals surface area contributed by atoms with Gasteiger partial charge in [-0.05, 0) is 24.6 Å². The number of sulfonamides is 1. The summed E-state index contributed by atoms with van der Waals surface area (Å²) in [6.07, 6.45) is 0.978.